The Morgan fingerprint density at radius 2 is 2.18 bits per heavy atom. The Balaban J connectivity index is 2.53. The van der Waals surface area contributed by atoms with Crippen molar-refractivity contribution in [2.75, 3.05) is 6.54 Å². The molecule has 0 N–H and O–H groups in total. The van der Waals surface area contributed by atoms with Crippen molar-refractivity contribution in [2.24, 2.45) is 5.92 Å². The van der Waals surface area contributed by atoms with Crippen molar-refractivity contribution in [3.63, 3.8) is 0 Å². The third-order valence-electron chi connectivity index (χ3n) is 2.47. The summed E-state index contributed by atoms with van der Waals surface area (Å²) in [4.78, 5) is 2.40. The van der Waals surface area contributed by atoms with E-state index in [0.717, 1.165) is 13.0 Å². The minimum Gasteiger partial charge on any atom is -0.297 e. The summed E-state index contributed by atoms with van der Waals surface area (Å²) < 4.78 is 0. The van der Waals surface area contributed by atoms with Gasteiger partial charge in [-0.2, -0.15) is 5.26 Å². The molecule has 0 aliphatic carbocycles. The molecule has 0 spiro atoms. The van der Waals surface area contributed by atoms with E-state index in [-0.39, 0.29) is 5.92 Å². The fourth-order valence-corrected chi connectivity index (χ4v) is 1.87. The Hall–Kier alpha value is -0.550. The lowest BCUT2D eigenvalue weighted by molar-refractivity contribution is 0.214. The second kappa shape index (κ2) is 3.23. The van der Waals surface area contributed by atoms with Gasteiger partial charge in [0.1, 0.15) is 0 Å². The molecule has 0 amide bonds. The van der Waals surface area contributed by atoms with Gasteiger partial charge in [0.15, 0.2) is 0 Å². The molecule has 1 saturated heterocycles. The molecule has 0 bridgehead atoms. The van der Waals surface area contributed by atoms with Crippen LogP contribution in [0.15, 0.2) is 0 Å². The van der Waals surface area contributed by atoms with Gasteiger partial charge in [-0.1, -0.05) is 0 Å². The first-order chi connectivity index (χ1) is 5.15. The average Bonchev–Trinajstić information content (AvgIpc) is 2.30. The molecular formula is C9H16N2. The van der Waals surface area contributed by atoms with E-state index in [1.807, 2.05) is 0 Å². The SMILES string of the molecule is CC(C)N1C[C@@H](C#N)C[C@H]1C. The molecule has 11 heavy (non-hydrogen) atoms. The van der Waals surface area contributed by atoms with Crippen molar-refractivity contribution >= 4 is 0 Å². The minimum atomic E-state index is 0.271. The van der Waals surface area contributed by atoms with Crippen LogP contribution in [0.1, 0.15) is 27.2 Å². The van der Waals surface area contributed by atoms with Gasteiger partial charge in [0.2, 0.25) is 0 Å². The highest BCUT2D eigenvalue weighted by molar-refractivity contribution is 4.95. The van der Waals surface area contributed by atoms with Gasteiger partial charge in [0.05, 0.1) is 12.0 Å². The lowest BCUT2D eigenvalue weighted by Gasteiger charge is -2.24. The summed E-state index contributed by atoms with van der Waals surface area (Å²) in [5.41, 5.74) is 0. The first-order valence-electron chi connectivity index (χ1n) is 4.30. The van der Waals surface area contributed by atoms with Gasteiger partial charge in [-0.15, -0.1) is 0 Å². The molecule has 0 aromatic carbocycles. The van der Waals surface area contributed by atoms with Crippen molar-refractivity contribution < 1.29 is 0 Å². The molecule has 2 atom stereocenters. The largest absolute Gasteiger partial charge is 0.297 e. The Kier molecular flexibility index (Phi) is 2.51. The number of hydrogen-bond acceptors (Lipinski definition) is 2. The molecule has 0 aromatic heterocycles. The highest BCUT2D eigenvalue weighted by Gasteiger charge is 2.29. The summed E-state index contributed by atoms with van der Waals surface area (Å²) in [7, 11) is 0. The van der Waals surface area contributed by atoms with E-state index in [0.29, 0.717) is 12.1 Å². The van der Waals surface area contributed by atoms with E-state index in [9.17, 15) is 0 Å². The molecule has 1 rings (SSSR count). The molecule has 0 aromatic rings. The molecule has 2 nitrogen and oxygen atoms in total. The van der Waals surface area contributed by atoms with Crippen molar-refractivity contribution in [1.29, 1.82) is 5.26 Å². The van der Waals surface area contributed by atoms with Crippen LogP contribution in [0.2, 0.25) is 0 Å². The molecule has 2 heteroatoms. The quantitative estimate of drug-likeness (QED) is 0.571. The summed E-state index contributed by atoms with van der Waals surface area (Å²) in [6.07, 6.45) is 1.05. The molecule has 0 saturated carbocycles. The maximum Gasteiger partial charge on any atom is 0.0669 e. The van der Waals surface area contributed by atoms with Crippen LogP contribution in [-0.2, 0) is 0 Å². The number of nitriles is 1. The molecule has 1 heterocycles. The van der Waals surface area contributed by atoms with E-state index in [4.69, 9.17) is 5.26 Å². The minimum absolute atomic E-state index is 0.271. The summed E-state index contributed by atoms with van der Waals surface area (Å²) in [5, 5.41) is 8.71. The van der Waals surface area contributed by atoms with Gasteiger partial charge in [0.25, 0.3) is 0 Å². The highest BCUT2D eigenvalue weighted by atomic mass is 15.2. The van der Waals surface area contributed by atoms with E-state index in [1.54, 1.807) is 0 Å². The zero-order valence-electron chi connectivity index (χ0n) is 7.54. The van der Waals surface area contributed by atoms with Crippen LogP contribution in [0.5, 0.6) is 0 Å². The standard InChI is InChI=1S/C9H16N2/c1-7(2)11-6-9(5-10)4-8(11)3/h7-9H,4,6H2,1-3H3/t8-,9-/m1/s1. The van der Waals surface area contributed by atoms with E-state index < -0.39 is 0 Å². The van der Waals surface area contributed by atoms with Crippen molar-refractivity contribution in [1.82, 2.24) is 4.90 Å². The number of likely N-dealkylation sites (tertiary alicyclic amines) is 1. The zero-order valence-corrected chi connectivity index (χ0v) is 7.54. The smallest absolute Gasteiger partial charge is 0.0669 e. The van der Waals surface area contributed by atoms with Gasteiger partial charge < -0.3 is 0 Å². The topological polar surface area (TPSA) is 27.0 Å². The van der Waals surface area contributed by atoms with Crippen LogP contribution in [0.25, 0.3) is 0 Å². The zero-order chi connectivity index (χ0) is 8.43. The third kappa shape index (κ3) is 1.72. The molecule has 0 radical (unpaired) electrons. The fourth-order valence-electron chi connectivity index (χ4n) is 1.87. The molecular weight excluding hydrogens is 136 g/mol. The lowest BCUT2D eigenvalue weighted by atomic mass is 10.1. The van der Waals surface area contributed by atoms with Gasteiger partial charge in [-0.05, 0) is 27.2 Å². The molecule has 62 valence electrons. The molecule has 1 aliphatic rings. The van der Waals surface area contributed by atoms with Gasteiger partial charge in [-0.25, -0.2) is 0 Å². The number of hydrogen-bond donors (Lipinski definition) is 0. The Bertz CT molecular complexity index is 169. The fraction of sp³-hybridized carbons (Fsp3) is 0.889. The Labute approximate surface area is 68.8 Å². The van der Waals surface area contributed by atoms with Crippen LogP contribution >= 0.6 is 0 Å². The number of nitrogens with zero attached hydrogens (tertiary/aromatic N) is 2. The van der Waals surface area contributed by atoms with Crippen molar-refractivity contribution in [3.05, 3.63) is 0 Å². The van der Waals surface area contributed by atoms with Crippen LogP contribution in [0, 0.1) is 17.2 Å². The highest BCUT2D eigenvalue weighted by Crippen LogP contribution is 2.23. The second-order valence-electron chi connectivity index (χ2n) is 3.70. The summed E-state index contributed by atoms with van der Waals surface area (Å²) in [6.45, 7) is 7.55. The Morgan fingerprint density at radius 3 is 2.45 bits per heavy atom. The van der Waals surface area contributed by atoms with Gasteiger partial charge >= 0.3 is 0 Å². The first kappa shape index (κ1) is 8.55. The maximum atomic E-state index is 8.71. The van der Waals surface area contributed by atoms with Gasteiger partial charge in [0, 0.05) is 18.6 Å². The van der Waals surface area contributed by atoms with E-state index >= 15 is 0 Å². The summed E-state index contributed by atoms with van der Waals surface area (Å²) >= 11 is 0. The molecule has 1 aliphatic heterocycles. The van der Waals surface area contributed by atoms with Crippen LogP contribution in [0.3, 0.4) is 0 Å². The molecule has 1 fully saturated rings. The lowest BCUT2D eigenvalue weighted by Crippen LogP contribution is -2.33. The summed E-state index contributed by atoms with van der Waals surface area (Å²) in [5.74, 6) is 0.271. The monoisotopic (exact) mass is 152 g/mol. The van der Waals surface area contributed by atoms with E-state index in [1.165, 1.54) is 0 Å². The van der Waals surface area contributed by atoms with Crippen LogP contribution in [-0.4, -0.2) is 23.5 Å². The van der Waals surface area contributed by atoms with Crippen molar-refractivity contribution in [2.45, 2.75) is 39.3 Å². The van der Waals surface area contributed by atoms with E-state index in [2.05, 4.69) is 31.7 Å². The predicted molar refractivity (Wildman–Crippen MR) is 45.0 cm³/mol. The maximum absolute atomic E-state index is 8.71. The van der Waals surface area contributed by atoms with Gasteiger partial charge in [-0.3, -0.25) is 4.90 Å². The third-order valence-corrected chi connectivity index (χ3v) is 2.47. The van der Waals surface area contributed by atoms with Crippen molar-refractivity contribution in [3.8, 4) is 6.07 Å². The molecule has 0 unspecified atom stereocenters. The second-order valence-corrected chi connectivity index (χ2v) is 3.70. The normalized spacial score (nSPS) is 32.6. The summed E-state index contributed by atoms with van der Waals surface area (Å²) in [6, 6.07) is 3.52. The van der Waals surface area contributed by atoms with Crippen LogP contribution in [0.4, 0.5) is 0 Å². The predicted octanol–water partition coefficient (Wildman–Crippen LogP) is 1.63. The van der Waals surface area contributed by atoms with Crippen LogP contribution < -0.4 is 0 Å². The first-order valence-corrected chi connectivity index (χ1v) is 4.30. The Morgan fingerprint density at radius 1 is 1.55 bits per heavy atom. The average molecular weight is 152 g/mol. The number of rotatable bonds is 1.